The van der Waals surface area contributed by atoms with Gasteiger partial charge in [0.2, 0.25) is 0 Å². The molecule has 0 atom stereocenters. The maximum Gasteiger partial charge on any atom is 0.276 e. The molecule has 2 amide bonds. The smallest absolute Gasteiger partial charge is 0.276 e. The maximum absolute atomic E-state index is 12.7. The fraction of sp³-hybridized carbons (Fsp3) is 0.412. The van der Waals surface area contributed by atoms with E-state index in [1.165, 1.54) is 29.3 Å². The Labute approximate surface area is 164 Å². The van der Waals surface area contributed by atoms with E-state index in [0.29, 0.717) is 15.7 Å². The monoisotopic (exact) mass is 410 g/mol. The Hall–Kier alpha value is -1.64. The summed E-state index contributed by atoms with van der Waals surface area (Å²) in [5.74, 6) is -0.992. The molecule has 3 N–H and O–H groups in total. The van der Waals surface area contributed by atoms with Gasteiger partial charge in [-0.3, -0.25) is 9.59 Å². The van der Waals surface area contributed by atoms with E-state index in [-0.39, 0.29) is 16.0 Å². The second kappa shape index (κ2) is 7.94. The van der Waals surface area contributed by atoms with E-state index in [1.54, 1.807) is 0 Å². The minimum atomic E-state index is -0.524. The number of primary amides is 1. The Bertz CT molecular complexity index is 867. The molecule has 2 aromatic heterocycles. The lowest BCUT2D eigenvalue weighted by atomic mass is 9.95. The number of nitrogens with two attached hydrogens (primary N) is 1. The van der Waals surface area contributed by atoms with Gasteiger partial charge in [-0.2, -0.15) is 0 Å². The van der Waals surface area contributed by atoms with Crippen molar-refractivity contribution in [2.75, 3.05) is 5.32 Å². The Morgan fingerprint density at radius 1 is 1.35 bits per heavy atom. The summed E-state index contributed by atoms with van der Waals surface area (Å²) in [6.45, 7) is 4.02. The summed E-state index contributed by atoms with van der Waals surface area (Å²) in [5, 5.41) is 4.18. The molecule has 9 heteroatoms. The molecule has 6 nitrogen and oxygen atoms in total. The molecule has 1 aliphatic rings. The number of rotatable bonds is 5. The van der Waals surface area contributed by atoms with Crippen molar-refractivity contribution in [3.05, 3.63) is 32.9 Å². The predicted octanol–water partition coefficient (Wildman–Crippen LogP) is 3.92. The molecule has 0 spiro atoms. The van der Waals surface area contributed by atoms with Crippen LogP contribution in [0.3, 0.4) is 0 Å². The molecule has 0 bridgehead atoms. The second-order valence-electron chi connectivity index (χ2n) is 6.25. The Balaban J connectivity index is 1.91. The molecule has 3 rings (SSSR count). The van der Waals surface area contributed by atoms with Gasteiger partial charge in [0.25, 0.3) is 11.8 Å². The number of carbonyl (C=O) groups excluding carboxylic acids is 2. The topological polar surface area (TPSA) is 98.0 Å². The molecule has 26 heavy (non-hydrogen) atoms. The minimum Gasteiger partial charge on any atom is -0.365 e. The summed E-state index contributed by atoms with van der Waals surface area (Å²) in [6.07, 6.45) is 5.23. The number of hydrogen-bond acceptors (Lipinski definition) is 6. The number of carbonyl (C=O) groups is 2. The molecular formula is C17H19ClN4O2S2. The Kier molecular flexibility index (Phi) is 5.84. The molecule has 0 saturated heterocycles. The average Bonchev–Trinajstić information content (AvgIpc) is 2.93. The van der Waals surface area contributed by atoms with E-state index in [4.69, 9.17) is 17.3 Å². The van der Waals surface area contributed by atoms with E-state index in [2.05, 4.69) is 15.3 Å². The highest BCUT2D eigenvalue weighted by molar-refractivity contribution is 7.99. The summed E-state index contributed by atoms with van der Waals surface area (Å²) >= 11 is 8.97. The number of aromatic nitrogens is 2. The van der Waals surface area contributed by atoms with Crippen LogP contribution >= 0.6 is 34.7 Å². The highest BCUT2D eigenvalue weighted by atomic mass is 35.5. The normalized spacial score (nSPS) is 13.5. The quantitative estimate of drug-likeness (QED) is 0.575. The average molecular weight is 411 g/mol. The first-order chi connectivity index (χ1) is 12.4. The zero-order valence-electron chi connectivity index (χ0n) is 14.5. The van der Waals surface area contributed by atoms with E-state index in [1.807, 2.05) is 13.8 Å². The third-order valence-corrected chi connectivity index (χ3v) is 6.29. The maximum atomic E-state index is 12.7. The zero-order chi connectivity index (χ0) is 18.8. The molecular weight excluding hydrogens is 392 g/mol. The van der Waals surface area contributed by atoms with Crippen LogP contribution in [0.5, 0.6) is 0 Å². The zero-order valence-corrected chi connectivity index (χ0v) is 16.9. The number of thiophene rings is 1. The van der Waals surface area contributed by atoms with E-state index in [9.17, 15) is 9.59 Å². The number of anilines is 1. The van der Waals surface area contributed by atoms with Gasteiger partial charge in [-0.25, -0.2) is 9.97 Å². The van der Waals surface area contributed by atoms with Gasteiger partial charge in [0.05, 0.1) is 16.8 Å². The summed E-state index contributed by atoms with van der Waals surface area (Å²) in [5.41, 5.74) is 7.04. The lowest BCUT2D eigenvalue weighted by Crippen LogP contribution is -2.19. The number of nitrogens with zero attached hydrogens (tertiary/aromatic N) is 2. The first-order valence-corrected chi connectivity index (χ1v) is 10.4. The molecule has 0 radical (unpaired) electrons. The number of halogens is 1. The van der Waals surface area contributed by atoms with Gasteiger partial charge in [-0.15, -0.1) is 11.3 Å². The molecule has 0 unspecified atom stereocenters. The highest BCUT2D eigenvalue weighted by Gasteiger charge is 2.26. The van der Waals surface area contributed by atoms with Crippen LogP contribution in [0.1, 0.15) is 58.0 Å². The van der Waals surface area contributed by atoms with Crippen molar-refractivity contribution in [1.82, 2.24) is 9.97 Å². The van der Waals surface area contributed by atoms with Gasteiger partial charge in [0.15, 0.2) is 10.9 Å². The van der Waals surface area contributed by atoms with Gasteiger partial charge >= 0.3 is 0 Å². The molecule has 0 fully saturated rings. The fourth-order valence-corrected chi connectivity index (χ4v) is 5.00. The third-order valence-electron chi connectivity index (χ3n) is 3.92. The molecule has 138 valence electrons. The van der Waals surface area contributed by atoms with E-state index in [0.717, 1.165) is 36.1 Å². The number of thioether (sulfide) groups is 1. The van der Waals surface area contributed by atoms with Crippen molar-refractivity contribution >= 4 is 51.5 Å². The fourth-order valence-electron chi connectivity index (χ4n) is 2.85. The SMILES string of the molecule is CC(C)Sc1ncc(Cl)c(C(=O)Nc2sc3c(c2C(N)=O)CCCC3)n1. The van der Waals surface area contributed by atoms with Crippen molar-refractivity contribution in [3.8, 4) is 0 Å². The summed E-state index contributed by atoms with van der Waals surface area (Å²) < 4.78 is 0. The largest absolute Gasteiger partial charge is 0.365 e. The lowest BCUT2D eigenvalue weighted by molar-refractivity contribution is 0.100. The molecule has 0 saturated carbocycles. The van der Waals surface area contributed by atoms with Crippen LogP contribution in [0.2, 0.25) is 5.02 Å². The van der Waals surface area contributed by atoms with Crippen molar-refractivity contribution in [3.63, 3.8) is 0 Å². The Morgan fingerprint density at radius 2 is 2.08 bits per heavy atom. The van der Waals surface area contributed by atoms with Crippen LogP contribution in [-0.4, -0.2) is 27.0 Å². The number of hydrogen-bond donors (Lipinski definition) is 2. The summed E-state index contributed by atoms with van der Waals surface area (Å²) in [4.78, 5) is 34.2. The predicted molar refractivity (Wildman–Crippen MR) is 105 cm³/mol. The van der Waals surface area contributed by atoms with Gasteiger partial charge in [0, 0.05) is 10.1 Å². The molecule has 1 aliphatic carbocycles. The molecule has 0 aromatic carbocycles. The van der Waals surface area contributed by atoms with Crippen LogP contribution in [-0.2, 0) is 12.8 Å². The Morgan fingerprint density at radius 3 is 2.77 bits per heavy atom. The van der Waals surface area contributed by atoms with E-state index >= 15 is 0 Å². The van der Waals surface area contributed by atoms with Gasteiger partial charge in [0.1, 0.15) is 5.00 Å². The van der Waals surface area contributed by atoms with Crippen LogP contribution < -0.4 is 11.1 Å². The van der Waals surface area contributed by atoms with Crippen LogP contribution in [0.4, 0.5) is 5.00 Å². The number of aryl methyl sites for hydroxylation is 1. The number of nitrogens with one attached hydrogen (secondary N) is 1. The van der Waals surface area contributed by atoms with Crippen LogP contribution in [0.15, 0.2) is 11.4 Å². The third kappa shape index (κ3) is 4.02. The molecule has 2 heterocycles. The van der Waals surface area contributed by atoms with Crippen LogP contribution in [0, 0.1) is 0 Å². The van der Waals surface area contributed by atoms with Crippen molar-refractivity contribution < 1.29 is 9.59 Å². The van der Waals surface area contributed by atoms with E-state index < -0.39 is 11.8 Å². The number of fused-ring (bicyclic) bond motifs is 1. The molecule has 0 aliphatic heterocycles. The second-order valence-corrected chi connectivity index (χ2v) is 9.31. The molecule has 2 aromatic rings. The lowest BCUT2D eigenvalue weighted by Gasteiger charge is -2.11. The summed E-state index contributed by atoms with van der Waals surface area (Å²) in [7, 11) is 0. The van der Waals surface area contributed by atoms with Crippen molar-refractivity contribution in [1.29, 1.82) is 0 Å². The van der Waals surface area contributed by atoms with Gasteiger partial charge in [-0.1, -0.05) is 37.2 Å². The van der Waals surface area contributed by atoms with Crippen molar-refractivity contribution in [2.24, 2.45) is 5.73 Å². The standard InChI is InChI=1S/C17H19ClN4O2S2/c1-8(2)25-17-20-7-10(18)13(21-17)15(24)22-16-12(14(19)23)9-5-3-4-6-11(9)26-16/h7-8H,3-6H2,1-2H3,(H2,19,23)(H,22,24). The minimum absolute atomic E-state index is 0.0895. The van der Waals surface area contributed by atoms with Crippen LogP contribution in [0.25, 0.3) is 0 Å². The highest BCUT2D eigenvalue weighted by Crippen LogP contribution is 2.38. The van der Waals surface area contributed by atoms with Gasteiger partial charge < -0.3 is 11.1 Å². The van der Waals surface area contributed by atoms with Gasteiger partial charge in [-0.05, 0) is 31.2 Å². The first kappa shape index (κ1) is 19.1. The summed E-state index contributed by atoms with van der Waals surface area (Å²) in [6, 6.07) is 0. The van der Waals surface area contributed by atoms with Crippen molar-refractivity contribution in [2.45, 2.75) is 49.9 Å². The number of amides is 2. The first-order valence-electron chi connectivity index (χ1n) is 8.31.